The predicted molar refractivity (Wildman–Crippen MR) is 106 cm³/mol. The first kappa shape index (κ1) is 20.4. The summed E-state index contributed by atoms with van der Waals surface area (Å²) >= 11 is 0. The first-order chi connectivity index (χ1) is 11.1. The van der Waals surface area contributed by atoms with E-state index in [2.05, 4.69) is 77.9 Å². The van der Waals surface area contributed by atoms with E-state index in [0.29, 0.717) is 0 Å². The second-order valence-corrected chi connectivity index (χ2v) is 11.0. The summed E-state index contributed by atoms with van der Waals surface area (Å²) in [6.45, 7) is 21.9. The van der Waals surface area contributed by atoms with Crippen molar-refractivity contribution in [2.45, 2.75) is 109 Å². The molecule has 0 bridgehead atoms. The summed E-state index contributed by atoms with van der Waals surface area (Å²) in [7, 11) is 0. The molecule has 0 aromatic heterocycles. The Morgan fingerprint density at radius 2 is 1.16 bits per heavy atom. The van der Waals surface area contributed by atoms with Gasteiger partial charge in [-0.2, -0.15) is 0 Å². The lowest BCUT2D eigenvalue weighted by atomic mass is 9.73. The van der Waals surface area contributed by atoms with Gasteiger partial charge in [0.05, 0.1) is 0 Å². The number of hydrogen-bond acceptors (Lipinski definition) is 3. The van der Waals surface area contributed by atoms with Crippen molar-refractivity contribution in [2.24, 2.45) is 5.92 Å². The summed E-state index contributed by atoms with van der Waals surface area (Å²) in [6, 6.07) is 0.193. The van der Waals surface area contributed by atoms with Crippen LogP contribution in [0.4, 0.5) is 0 Å². The lowest BCUT2D eigenvalue weighted by Crippen LogP contribution is -2.62. The van der Waals surface area contributed by atoms with Crippen molar-refractivity contribution in [1.82, 2.24) is 16.0 Å². The van der Waals surface area contributed by atoms with Gasteiger partial charge >= 0.3 is 0 Å². The molecule has 0 radical (unpaired) electrons. The average Bonchev–Trinajstić information content (AvgIpc) is 2.29. The molecule has 0 unspecified atom stereocenters. The normalized spacial score (nSPS) is 28.3. The molecule has 25 heavy (non-hydrogen) atoms. The summed E-state index contributed by atoms with van der Waals surface area (Å²) < 4.78 is 0. The van der Waals surface area contributed by atoms with E-state index in [0.717, 1.165) is 31.3 Å². The van der Waals surface area contributed by atoms with Crippen molar-refractivity contribution in [2.75, 3.05) is 0 Å². The molecule has 2 heterocycles. The van der Waals surface area contributed by atoms with Crippen LogP contribution in [-0.2, 0) is 4.79 Å². The maximum absolute atomic E-state index is 12.9. The molecule has 0 atom stereocenters. The Morgan fingerprint density at radius 3 is 1.56 bits per heavy atom. The van der Waals surface area contributed by atoms with Crippen LogP contribution in [-0.4, -0.2) is 34.1 Å². The number of carbonyl (C=O) groups excluding carboxylic acids is 1. The first-order valence-corrected chi connectivity index (χ1v) is 9.68. The second-order valence-electron chi connectivity index (χ2n) is 11.0. The van der Waals surface area contributed by atoms with Crippen molar-refractivity contribution in [3.63, 3.8) is 0 Å². The van der Waals surface area contributed by atoms with Gasteiger partial charge in [0.15, 0.2) is 0 Å². The van der Waals surface area contributed by atoms with Crippen molar-refractivity contribution < 1.29 is 4.79 Å². The summed E-state index contributed by atoms with van der Waals surface area (Å²) in [5.41, 5.74) is 0.847. The summed E-state index contributed by atoms with van der Waals surface area (Å²) in [5.74, 6) is 0.269. The van der Waals surface area contributed by atoms with Gasteiger partial charge in [-0.15, -0.1) is 0 Å². The van der Waals surface area contributed by atoms with Crippen molar-refractivity contribution >= 4 is 5.91 Å². The molecule has 3 N–H and O–H groups in total. The minimum Gasteiger partial charge on any atom is -0.349 e. The molecule has 0 aromatic rings. The quantitative estimate of drug-likeness (QED) is 0.683. The van der Waals surface area contributed by atoms with E-state index in [-0.39, 0.29) is 40.0 Å². The highest BCUT2D eigenvalue weighted by atomic mass is 16.1. The lowest BCUT2D eigenvalue weighted by Gasteiger charge is -2.48. The van der Waals surface area contributed by atoms with Gasteiger partial charge < -0.3 is 16.0 Å². The molecule has 2 rings (SSSR count). The van der Waals surface area contributed by atoms with Crippen molar-refractivity contribution in [1.29, 1.82) is 0 Å². The smallest absolute Gasteiger partial charge is 0.247 e. The zero-order chi connectivity index (χ0) is 19.3. The Bertz CT molecular complexity index is 513. The number of amides is 1. The molecule has 1 amide bonds. The topological polar surface area (TPSA) is 53.2 Å². The second kappa shape index (κ2) is 6.38. The number of hydrogen-bond donors (Lipinski definition) is 3. The lowest BCUT2D eigenvalue weighted by molar-refractivity contribution is -0.119. The van der Waals surface area contributed by atoms with Crippen LogP contribution in [0, 0.1) is 5.92 Å². The number of carbonyl (C=O) groups is 1. The molecule has 4 nitrogen and oxygen atoms in total. The van der Waals surface area contributed by atoms with Crippen molar-refractivity contribution in [3.05, 3.63) is 12.2 Å². The highest BCUT2D eigenvalue weighted by Crippen LogP contribution is 2.36. The van der Waals surface area contributed by atoms with E-state index in [1.165, 1.54) is 0 Å². The molecule has 2 aliphatic rings. The van der Waals surface area contributed by atoms with Gasteiger partial charge in [-0.25, -0.2) is 0 Å². The monoisotopic (exact) mass is 349 g/mol. The fraction of sp³-hybridized carbons (Fsp3) is 0.857. The fourth-order valence-corrected chi connectivity index (χ4v) is 5.46. The van der Waals surface area contributed by atoms with Crippen LogP contribution < -0.4 is 16.0 Å². The molecular formula is C21H39N3O. The van der Waals surface area contributed by atoms with Gasteiger partial charge in [0.2, 0.25) is 5.91 Å². The number of nitrogens with one attached hydrogen (secondary N) is 3. The van der Waals surface area contributed by atoms with Gasteiger partial charge in [0, 0.05) is 33.8 Å². The molecule has 0 aromatic carbocycles. The third-order valence-corrected chi connectivity index (χ3v) is 5.50. The number of piperidine rings is 2. The van der Waals surface area contributed by atoms with Gasteiger partial charge in [0.25, 0.3) is 0 Å². The van der Waals surface area contributed by atoms with Gasteiger partial charge in [-0.1, -0.05) is 6.58 Å². The molecule has 2 fully saturated rings. The third-order valence-electron chi connectivity index (χ3n) is 5.50. The van der Waals surface area contributed by atoms with Crippen LogP contribution in [0.5, 0.6) is 0 Å². The fourth-order valence-electron chi connectivity index (χ4n) is 5.46. The highest BCUT2D eigenvalue weighted by molar-refractivity contribution is 5.93. The highest BCUT2D eigenvalue weighted by Gasteiger charge is 2.41. The SMILES string of the molecule is C=C(C(=O)NC1CC(C)(C)NC(C)(C)C1)C1CC(C)(C)NC(C)(C)C1. The van der Waals surface area contributed by atoms with Crippen LogP contribution in [0.1, 0.15) is 81.1 Å². The molecule has 0 saturated carbocycles. The largest absolute Gasteiger partial charge is 0.349 e. The maximum Gasteiger partial charge on any atom is 0.247 e. The van der Waals surface area contributed by atoms with Crippen LogP contribution in [0.3, 0.4) is 0 Å². The average molecular weight is 350 g/mol. The summed E-state index contributed by atoms with van der Waals surface area (Å²) in [5, 5.41) is 10.6. The van der Waals surface area contributed by atoms with E-state index in [4.69, 9.17) is 0 Å². The third kappa shape index (κ3) is 5.55. The zero-order valence-corrected chi connectivity index (χ0v) is 17.6. The Morgan fingerprint density at radius 1 is 0.800 bits per heavy atom. The van der Waals surface area contributed by atoms with Crippen LogP contribution in [0.15, 0.2) is 12.2 Å². The standard InChI is InChI=1S/C21H39N3O/c1-14(15-10-18(2,3)23-19(4,5)11-15)17(25)22-16-12-20(6,7)24-21(8,9)13-16/h15-16,23-24H,1,10-13H2,2-9H3,(H,22,25). The molecule has 0 aliphatic carbocycles. The molecule has 2 saturated heterocycles. The Kier molecular flexibility index (Phi) is 5.22. The Hall–Kier alpha value is -0.870. The van der Waals surface area contributed by atoms with Gasteiger partial charge in [-0.3, -0.25) is 4.79 Å². The molecule has 4 heteroatoms. The molecule has 0 spiro atoms. The van der Waals surface area contributed by atoms with Gasteiger partial charge in [0.1, 0.15) is 0 Å². The minimum absolute atomic E-state index is 0.0222. The van der Waals surface area contributed by atoms with Crippen molar-refractivity contribution in [3.8, 4) is 0 Å². The summed E-state index contributed by atoms with van der Waals surface area (Å²) in [4.78, 5) is 12.9. The van der Waals surface area contributed by atoms with Crippen LogP contribution >= 0.6 is 0 Å². The van der Waals surface area contributed by atoms with E-state index < -0.39 is 0 Å². The molecular weight excluding hydrogens is 310 g/mol. The van der Waals surface area contributed by atoms with E-state index >= 15 is 0 Å². The Labute approximate surface area is 154 Å². The van der Waals surface area contributed by atoms with E-state index in [1.807, 2.05) is 0 Å². The van der Waals surface area contributed by atoms with E-state index in [1.54, 1.807) is 0 Å². The van der Waals surface area contributed by atoms with Gasteiger partial charge in [-0.05, 0) is 87.0 Å². The van der Waals surface area contributed by atoms with Crippen LogP contribution in [0.2, 0.25) is 0 Å². The Balaban J connectivity index is 2.04. The zero-order valence-electron chi connectivity index (χ0n) is 17.6. The number of rotatable bonds is 3. The minimum atomic E-state index is 0.0222. The predicted octanol–water partition coefficient (Wildman–Crippen LogP) is 3.52. The van der Waals surface area contributed by atoms with E-state index in [9.17, 15) is 4.79 Å². The maximum atomic E-state index is 12.9. The summed E-state index contributed by atoms with van der Waals surface area (Å²) in [6.07, 6.45) is 3.79. The molecule has 144 valence electrons. The molecule has 2 aliphatic heterocycles. The first-order valence-electron chi connectivity index (χ1n) is 9.68. The van der Waals surface area contributed by atoms with Crippen LogP contribution in [0.25, 0.3) is 0 Å².